The maximum Gasteiger partial charge on any atom is 0.226 e. The molecule has 0 spiro atoms. The third kappa shape index (κ3) is 2.76. The van der Waals surface area contributed by atoms with Gasteiger partial charge in [0.25, 0.3) is 0 Å². The van der Waals surface area contributed by atoms with Crippen LogP contribution in [0.3, 0.4) is 0 Å². The van der Waals surface area contributed by atoms with E-state index in [1.54, 1.807) is 11.3 Å². The Morgan fingerprint density at radius 2 is 2.20 bits per heavy atom. The Morgan fingerprint density at radius 1 is 1.35 bits per heavy atom. The zero-order valence-corrected chi connectivity index (χ0v) is 12.8. The summed E-state index contributed by atoms with van der Waals surface area (Å²) in [5.41, 5.74) is 1.37. The maximum atomic E-state index is 12.0. The van der Waals surface area contributed by atoms with Crippen LogP contribution >= 0.6 is 27.3 Å². The lowest BCUT2D eigenvalue weighted by molar-refractivity contribution is -0.120. The Kier molecular flexibility index (Phi) is 3.84. The summed E-state index contributed by atoms with van der Waals surface area (Å²) in [6, 6.07) is 9.50. The molecule has 3 rings (SSSR count). The number of fused-ring (bicyclic) bond motifs is 1. The van der Waals surface area contributed by atoms with Crippen LogP contribution in [0, 0.1) is 0 Å². The molecule has 0 saturated carbocycles. The molecule has 3 aromatic rings. The first kappa shape index (κ1) is 13.3. The quantitative estimate of drug-likeness (QED) is 0.783. The lowest BCUT2D eigenvalue weighted by atomic mass is 10.1. The van der Waals surface area contributed by atoms with Crippen LogP contribution in [-0.4, -0.2) is 11.1 Å². The summed E-state index contributed by atoms with van der Waals surface area (Å²) >= 11 is 5.05. The van der Waals surface area contributed by atoms with Gasteiger partial charge in [-0.05, 0) is 39.5 Å². The largest absolute Gasteiger partial charge is 0.356 e. The van der Waals surface area contributed by atoms with Gasteiger partial charge in [-0.15, -0.1) is 11.3 Å². The first-order valence-corrected chi connectivity index (χ1v) is 7.73. The van der Waals surface area contributed by atoms with Gasteiger partial charge < -0.3 is 9.84 Å². The second kappa shape index (κ2) is 5.76. The summed E-state index contributed by atoms with van der Waals surface area (Å²) < 4.78 is 6.21. The number of nitrogens with zero attached hydrogens (tertiary/aromatic N) is 1. The highest BCUT2D eigenvalue weighted by Gasteiger charge is 2.12. The maximum absolute atomic E-state index is 12.0. The van der Waals surface area contributed by atoms with Crippen LogP contribution in [0.5, 0.6) is 0 Å². The van der Waals surface area contributed by atoms with E-state index in [1.807, 2.05) is 35.7 Å². The van der Waals surface area contributed by atoms with Gasteiger partial charge in [-0.1, -0.05) is 17.3 Å². The standard InChI is InChI=1S/C14H11BrN2O2S/c15-10-5-6-20-13(10)8-16-14(18)7-11-9-3-1-2-4-12(9)19-17-11/h1-6H,7-8H2,(H,16,18). The molecular weight excluding hydrogens is 340 g/mol. The number of nitrogens with one attached hydrogen (secondary N) is 1. The number of rotatable bonds is 4. The normalized spacial score (nSPS) is 10.8. The number of carbonyl (C=O) groups is 1. The molecule has 0 atom stereocenters. The first-order valence-electron chi connectivity index (χ1n) is 6.06. The molecule has 0 bridgehead atoms. The van der Waals surface area contributed by atoms with Crippen LogP contribution in [-0.2, 0) is 17.8 Å². The summed E-state index contributed by atoms with van der Waals surface area (Å²) in [6.45, 7) is 0.521. The summed E-state index contributed by atoms with van der Waals surface area (Å²) in [7, 11) is 0. The van der Waals surface area contributed by atoms with Crippen LogP contribution in [0.4, 0.5) is 0 Å². The fourth-order valence-corrected chi connectivity index (χ4v) is 3.34. The fourth-order valence-electron chi connectivity index (χ4n) is 1.91. The Labute approximate surface area is 127 Å². The lowest BCUT2D eigenvalue weighted by Gasteiger charge is -2.02. The third-order valence-electron chi connectivity index (χ3n) is 2.92. The first-order chi connectivity index (χ1) is 9.74. The van der Waals surface area contributed by atoms with E-state index in [0.717, 1.165) is 14.7 Å². The molecule has 20 heavy (non-hydrogen) atoms. The molecule has 2 aromatic heterocycles. The van der Waals surface area contributed by atoms with Crippen molar-refractivity contribution in [2.45, 2.75) is 13.0 Å². The van der Waals surface area contributed by atoms with Gasteiger partial charge in [0.15, 0.2) is 5.58 Å². The molecule has 2 heterocycles. The Balaban J connectivity index is 1.66. The summed E-state index contributed by atoms with van der Waals surface area (Å²) in [5, 5.41) is 9.72. The molecule has 1 aromatic carbocycles. The number of hydrogen-bond acceptors (Lipinski definition) is 4. The van der Waals surface area contributed by atoms with Crippen LogP contribution in [0.1, 0.15) is 10.6 Å². The molecular formula is C14H11BrN2O2S. The number of thiophene rings is 1. The minimum Gasteiger partial charge on any atom is -0.356 e. The molecule has 0 fully saturated rings. The Bertz CT molecular complexity index is 750. The highest BCUT2D eigenvalue weighted by molar-refractivity contribution is 9.10. The highest BCUT2D eigenvalue weighted by Crippen LogP contribution is 2.22. The zero-order valence-electron chi connectivity index (χ0n) is 10.4. The van der Waals surface area contributed by atoms with E-state index in [-0.39, 0.29) is 12.3 Å². The minimum absolute atomic E-state index is 0.0654. The summed E-state index contributed by atoms with van der Waals surface area (Å²) in [4.78, 5) is 13.1. The minimum atomic E-state index is -0.0654. The molecule has 6 heteroatoms. The van der Waals surface area contributed by atoms with Gasteiger partial charge in [0.05, 0.1) is 13.0 Å². The molecule has 0 aliphatic heterocycles. The van der Waals surface area contributed by atoms with Crippen molar-refractivity contribution in [3.05, 3.63) is 50.8 Å². The molecule has 1 amide bonds. The average molecular weight is 351 g/mol. The van der Waals surface area contributed by atoms with E-state index in [4.69, 9.17) is 4.52 Å². The third-order valence-corrected chi connectivity index (χ3v) is 4.84. The molecule has 1 N–H and O–H groups in total. The second-order valence-corrected chi connectivity index (χ2v) is 6.13. The SMILES string of the molecule is O=C(Cc1noc2ccccc12)NCc1sccc1Br. The predicted octanol–water partition coefficient (Wildman–Crippen LogP) is 3.51. The van der Waals surface area contributed by atoms with Crippen LogP contribution in [0.15, 0.2) is 44.7 Å². The van der Waals surface area contributed by atoms with Gasteiger partial charge in [0.1, 0.15) is 5.69 Å². The Morgan fingerprint density at radius 3 is 3.00 bits per heavy atom. The molecule has 4 nitrogen and oxygen atoms in total. The summed E-state index contributed by atoms with van der Waals surface area (Å²) in [5.74, 6) is -0.0654. The van der Waals surface area contributed by atoms with Gasteiger partial charge in [-0.3, -0.25) is 4.79 Å². The van der Waals surface area contributed by atoms with Crippen molar-refractivity contribution in [3.8, 4) is 0 Å². The van der Waals surface area contributed by atoms with E-state index in [9.17, 15) is 4.79 Å². The topological polar surface area (TPSA) is 55.1 Å². The Hall–Kier alpha value is -1.66. The summed E-state index contributed by atoms with van der Waals surface area (Å²) in [6.07, 6.45) is 0.222. The highest BCUT2D eigenvalue weighted by atomic mass is 79.9. The van der Waals surface area contributed by atoms with Gasteiger partial charge in [-0.25, -0.2) is 0 Å². The molecule has 102 valence electrons. The van der Waals surface area contributed by atoms with Crippen molar-refractivity contribution in [2.75, 3.05) is 0 Å². The van der Waals surface area contributed by atoms with Crippen molar-refractivity contribution >= 4 is 44.1 Å². The number of para-hydroxylation sites is 1. The van der Waals surface area contributed by atoms with Crippen molar-refractivity contribution < 1.29 is 9.32 Å². The van der Waals surface area contributed by atoms with E-state index >= 15 is 0 Å². The monoisotopic (exact) mass is 350 g/mol. The van der Waals surface area contributed by atoms with Crippen LogP contribution in [0.25, 0.3) is 11.0 Å². The zero-order chi connectivity index (χ0) is 13.9. The smallest absolute Gasteiger partial charge is 0.226 e. The van der Waals surface area contributed by atoms with Gasteiger partial charge in [0, 0.05) is 14.7 Å². The molecule has 0 saturated heterocycles. The van der Waals surface area contributed by atoms with Crippen molar-refractivity contribution in [2.24, 2.45) is 0 Å². The molecule has 0 unspecified atom stereocenters. The van der Waals surface area contributed by atoms with Crippen molar-refractivity contribution in [1.82, 2.24) is 10.5 Å². The number of halogens is 1. The molecule has 0 radical (unpaired) electrons. The number of hydrogen-bond donors (Lipinski definition) is 1. The van der Waals surface area contributed by atoms with Gasteiger partial charge >= 0.3 is 0 Å². The lowest BCUT2D eigenvalue weighted by Crippen LogP contribution is -2.24. The molecule has 0 aliphatic carbocycles. The number of amides is 1. The van der Waals surface area contributed by atoms with Crippen LogP contribution in [0.2, 0.25) is 0 Å². The predicted molar refractivity (Wildman–Crippen MR) is 81.6 cm³/mol. The van der Waals surface area contributed by atoms with Gasteiger partial charge in [-0.2, -0.15) is 0 Å². The second-order valence-electron chi connectivity index (χ2n) is 4.27. The average Bonchev–Trinajstić information content (AvgIpc) is 3.04. The number of aromatic nitrogens is 1. The van der Waals surface area contributed by atoms with Crippen LogP contribution < -0.4 is 5.32 Å². The van der Waals surface area contributed by atoms with Crippen molar-refractivity contribution in [3.63, 3.8) is 0 Å². The van der Waals surface area contributed by atoms with E-state index in [0.29, 0.717) is 17.8 Å². The van der Waals surface area contributed by atoms with E-state index in [2.05, 4.69) is 26.4 Å². The van der Waals surface area contributed by atoms with Gasteiger partial charge in [0.2, 0.25) is 5.91 Å². The fraction of sp³-hybridized carbons (Fsp3) is 0.143. The molecule has 0 aliphatic rings. The number of benzene rings is 1. The van der Waals surface area contributed by atoms with E-state index in [1.165, 1.54) is 0 Å². The van der Waals surface area contributed by atoms with E-state index < -0.39 is 0 Å². The number of carbonyl (C=O) groups excluding carboxylic acids is 1. The van der Waals surface area contributed by atoms with Crippen molar-refractivity contribution in [1.29, 1.82) is 0 Å².